The van der Waals surface area contributed by atoms with E-state index < -0.39 is 15.8 Å². The van der Waals surface area contributed by atoms with Crippen LogP contribution in [-0.4, -0.2) is 38.6 Å². The van der Waals surface area contributed by atoms with Gasteiger partial charge in [0.2, 0.25) is 6.41 Å². The van der Waals surface area contributed by atoms with Gasteiger partial charge in [-0.15, -0.1) is 0 Å². The molecule has 4 nitrogen and oxygen atoms in total. The van der Waals surface area contributed by atoms with Crippen molar-refractivity contribution in [3.8, 4) is 22.6 Å². The molecule has 1 heterocycles. The number of halogens is 2. The first-order chi connectivity index (χ1) is 25.1. The number of hydrogen-bond donors (Lipinski definition) is 0. The minimum atomic E-state index is -0.883. The molecule has 1 aliphatic rings. The Labute approximate surface area is 319 Å². The van der Waals surface area contributed by atoms with Gasteiger partial charge in [0.25, 0.3) is 0 Å². The first-order valence-electron chi connectivity index (χ1n) is 16.4. The molecule has 0 atom stereocenters. The standard InChI is InChI=1S/C39H32O2P2.C3H7NO.2ClH.Ru/c1-5-16-30(17-6-1)42(31-18-7-2-8-19-31)36-26-13-24-34-38(36)39-35(41-29-15-28-40-34)25-14-27-37(39)43(32-20-9-3-10-21-32)33-22-11-4-12-23-33;1-4(2)3-5;;;/h1-14,16-27H,15,28-29H2;3H,1-2H3;2*1H;/q;;;;+2/p-2. The zero-order valence-electron chi connectivity index (χ0n) is 28.4. The van der Waals surface area contributed by atoms with Crippen molar-refractivity contribution < 1.29 is 29.4 Å². The Morgan fingerprint density at radius 2 is 0.824 bits per heavy atom. The number of carbonyl (C=O) groups excluding carboxylic acids is 1. The summed E-state index contributed by atoms with van der Waals surface area (Å²) in [6.45, 7) is 1.22. The van der Waals surface area contributed by atoms with E-state index in [1.807, 2.05) is 0 Å². The van der Waals surface area contributed by atoms with Gasteiger partial charge in [-0.05, 0) is 59.8 Å². The summed E-state index contributed by atoms with van der Waals surface area (Å²) in [7, 11) is 11.3. The fraction of sp³-hybridized carbons (Fsp3) is 0.119. The van der Waals surface area contributed by atoms with Gasteiger partial charge in [-0.3, -0.25) is 4.79 Å². The fourth-order valence-corrected chi connectivity index (χ4v) is 10.7. The predicted molar refractivity (Wildman–Crippen MR) is 216 cm³/mol. The van der Waals surface area contributed by atoms with E-state index in [1.165, 1.54) is 36.7 Å². The van der Waals surface area contributed by atoms with E-state index in [-0.39, 0.29) is 15.1 Å². The summed E-state index contributed by atoms with van der Waals surface area (Å²) in [6, 6.07) is 56.9. The first kappa shape index (κ1) is 38.7. The van der Waals surface area contributed by atoms with Gasteiger partial charge < -0.3 is 14.4 Å². The number of rotatable bonds is 7. The maximum absolute atomic E-state index is 9.43. The summed E-state index contributed by atoms with van der Waals surface area (Å²) in [5, 5.41) is 7.80. The minimum absolute atomic E-state index is 0.346. The van der Waals surface area contributed by atoms with E-state index in [4.69, 9.17) is 28.9 Å². The maximum Gasteiger partial charge on any atom is 0.127 e. The number of hydrogen-bond acceptors (Lipinski definition) is 3. The molecule has 9 heteroatoms. The van der Waals surface area contributed by atoms with E-state index >= 15 is 0 Å². The van der Waals surface area contributed by atoms with Crippen LogP contribution in [0, 0.1) is 0 Å². The Morgan fingerprint density at radius 3 is 1.10 bits per heavy atom. The van der Waals surface area contributed by atoms with Crippen LogP contribution in [-0.2, 0) is 19.9 Å². The minimum Gasteiger partial charge on any atom is -0.493 e. The zero-order chi connectivity index (χ0) is 35.8. The number of nitrogens with zero attached hydrogens (tertiary/aromatic N) is 1. The quantitative estimate of drug-likeness (QED) is 0.0928. The van der Waals surface area contributed by atoms with Crippen molar-refractivity contribution >= 4 is 73.5 Å². The third-order valence-electron chi connectivity index (χ3n) is 7.81. The molecule has 51 heavy (non-hydrogen) atoms. The van der Waals surface area contributed by atoms with Gasteiger partial charge in [0.15, 0.2) is 0 Å². The average Bonchev–Trinajstić information content (AvgIpc) is 3.27. The monoisotopic (exact) mass is 839 g/mol. The maximum atomic E-state index is 9.43. The Kier molecular flexibility index (Phi) is 15.5. The Hall–Kier alpha value is -3.55. The third-order valence-corrected chi connectivity index (χ3v) is 12.8. The summed E-state index contributed by atoms with van der Waals surface area (Å²) in [5.41, 5.74) is 2.29. The van der Waals surface area contributed by atoms with Crippen molar-refractivity contribution in [2.45, 2.75) is 6.42 Å². The van der Waals surface area contributed by atoms with Crippen LogP contribution in [0.5, 0.6) is 11.5 Å². The van der Waals surface area contributed by atoms with Gasteiger partial charge in [-0.1, -0.05) is 146 Å². The molecular weight excluding hydrogens is 800 g/mol. The topological polar surface area (TPSA) is 38.8 Å². The molecule has 6 aromatic rings. The van der Waals surface area contributed by atoms with E-state index in [1.54, 1.807) is 14.1 Å². The molecule has 1 aliphatic heterocycles. The smallest absolute Gasteiger partial charge is 0.127 e. The number of amides is 1. The van der Waals surface area contributed by atoms with Crippen LogP contribution in [0.3, 0.4) is 0 Å². The van der Waals surface area contributed by atoms with E-state index in [0.717, 1.165) is 35.5 Å². The molecule has 0 N–H and O–H groups in total. The van der Waals surface area contributed by atoms with E-state index in [2.05, 4.69) is 158 Å². The van der Waals surface area contributed by atoms with Gasteiger partial charge in [0.1, 0.15) is 11.5 Å². The van der Waals surface area contributed by atoms with Crippen LogP contribution in [0.25, 0.3) is 11.1 Å². The second-order valence-electron chi connectivity index (χ2n) is 11.5. The van der Waals surface area contributed by atoms with Crippen LogP contribution >= 0.6 is 35.2 Å². The molecule has 7 rings (SSSR count). The SMILES string of the molecule is CN(C)C=O.[Cl][Ru][Cl].c1ccc(P(c2ccccc2)c2cccc3c2-c2c(cccc2P(c2ccccc2)c2ccccc2)OCCCO3)cc1. The Balaban J connectivity index is 0.000000573. The third kappa shape index (κ3) is 10.3. The molecule has 0 saturated heterocycles. The number of ether oxygens (including phenoxy) is 2. The molecule has 1 amide bonds. The molecule has 262 valence electrons. The molecule has 0 radical (unpaired) electrons. The largest absolute Gasteiger partial charge is 0.493 e. The number of benzene rings is 6. The van der Waals surface area contributed by atoms with Crippen LogP contribution in [0.4, 0.5) is 0 Å². The summed E-state index contributed by atoms with van der Waals surface area (Å²) in [6.07, 6.45) is 1.58. The van der Waals surface area contributed by atoms with E-state index in [0.29, 0.717) is 13.2 Å². The summed E-state index contributed by atoms with van der Waals surface area (Å²) < 4.78 is 13.2. The Morgan fingerprint density at radius 1 is 0.529 bits per heavy atom. The predicted octanol–water partition coefficient (Wildman–Crippen LogP) is 8.11. The van der Waals surface area contributed by atoms with Crippen LogP contribution < -0.4 is 41.3 Å². The van der Waals surface area contributed by atoms with Crippen molar-refractivity contribution in [1.29, 1.82) is 0 Å². The Bertz CT molecular complexity index is 1730. The zero-order valence-corrected chi connectivity index (χ0v) is 33.4. The normalized spacial score (nSPS) is 11.8. The van der Waals surface area contributed by atoms with Crippen molar-refractivity contribution in [3.63, 3.8) is 0 Å². The van der Waals surface area contributed by atoms with Crippen molar-refractivity contribution in [3.05, 3.63) is 158 Å². The summed E-state index contributed by atoms with van der Waals surface area (Å²) in [5.74, 6) is 1.85. The molecule has 0 unspecified atom stereocenters. The molecule has 0 saturated carbocycles. The second-order valence-corrected chi connectivity index (χ2v) is 18.5. The van der Waals surface area contributed by atoms with Crippen molar-refractivity contribution in [2.24, 2.45) is 0 Å². The molecule has 6 aromatic carbocycles. The van der Waals surface area contributed by atoms with Gasteiger partial charge >= 0.3 is 34.5 Å². The first-order valence-corrected chi connectivity index (χ1v) is 23.5. The van der Waals surface area contributed by atoms with Crippen molar-refractivity contribution in [1.82, 2.24) is 4.90 Å². The van der Waals surface area contributed by atoms with Gasteiger partial charge in [-0.2, -0.15) is 0 Å². The van der Waals surface area contributed by atoms with Crippen LogP contribution in [0.2, 0.25) is 0 Å². The van der Waals surface area contributed by atoms with Gasteiger partial charge in [-0.25, -0.2) is 0 Å². The fourth-order valence-electron chi connectivity index (χ4n) is 5.74. The molecule has 0 spiro atoms. The average molecular weight is 840 g/mol. The van der Waals surface area contributed by atoms with Crippen molar-refractivity contribution in [2.75, 3.05) is 27.3 Å². The number of fused-ring (bicyclic) bond motifs is 3. The van der Waals surface area contributed by atoms with Gasteiger partial charge in [0.05, 0.1) is 13.2 Å². The van der Waals surface area contributed by atoms with Crippen LogP contribution in [0.1, 0.15) is 6.42 Å². The van der Waals surface area contributed by atoms with Gasteiger partial charge in [0, 0.05) is 31.6 Å². The second kappa shape index (κ2) is 20.5. The molecular formula is C42H39Cl2NO3P2Ru. The molecule has 0 aliphatic carbocycles. The molecule has 0 aromatic heterocycles. The van der Waals surface area contributed by atoms with Crippen LogP contribution in [0.15, 0.2) is 158 Å². The summed E-state index contributed by atoms with van der Waals surface area (Å²) in [4.78, 5) is 10.9. The number of carbonyl (C=O) groups is 1. The molecule has 0 fully saturated rings. The molecule has 0 bridgehead atoms. The summed E-state index contributed by atoms with van der Waals surface area (Å²) >= 11 is -0.346. The van der Waals surface area contributed by atoms with E-state index in [9.17, 15) is 4.79 Å².